The van der Waals surface area contributed by atoms with E-state index in [1.807, 2.05) is 4.90 Å². The van der Waals surface area contributed by atoms with Gasteiger partial charge in [-0.15, -0.1) is 0 Å². The Labute approximate surface area is 157 Å². The molecule has 1 fully saturated rings. The second kappa shape index (κ2) is 7.77. The summed E-state index contributed by atoms with van der Waals surface area (Å²) >= 11 is 12.1. The molecule has 25 heavy (non-hydrogen) atoms. The van der Waals surface area contributed by atoms with Crippen LogP contribution in [0.3, 0.4) is 0 Å². The molecule has 2 atom stereocenters. The van der Waals surface area contributed by atoms with Gasteiger partial charge >= 0.3 is 0 Å². The average Bonchev–Trinajstić information content (AvgIpc) is 3.19. The lowest BCUT2D eigenvalue weighted by molar-refractivity contribution is -0.131. The van der Waals surface area contributed by atoms with Crippen molar-refractivity contribution in [2.75, 3.05) is 13.1 Å². The number of carbonyl (C=O) groups is 1. The van der Waals surface area contributed by atoms with E-state index in [0.717, 1.165) is 18.5 Å². The molecule has 2 heterocycles. The molecular formula is C18H21Cl2N3O2. The van der Waals surface area contributed by atoms with E-state index in [9.17, 15) is 4.79 Å². The van der Waals surface area contributed by atoms with Gasteiger partial charge in [0, 0.05) is 36.0 Å². The van der Waals surface area contributed by atoms with Gasteiger partial charge in [0.2, 0.25) is 5.91 Å². The maximum Gasteiger partial charge on any atom is 0.223 e. The fourth-order valence-electron chi connectivity index (χ4n) is 3.26. The van der Waals surface area contributed by atoms with E-state index < -0.39 is 0 Å². The number of aryl methyl sites for hydroxylation is 1. The number of aromatic nitrogens is 1. The molecule has 1 aliphatic heterocycles. The lowest BCUT2D eigenvalue weighted by atomic mass is 10.1. The quantitative estimate of drug-likeness (QED) is 0.854. The highest BCUT2D eigenvalue weighted by Crippen LogP contribution is 2.31. The van der Waals surface area contributed by atoms with Crippen LogP contribution in [-0.4, -0.2) is 34.9 Å². The van der Waals surface area contributed by atoms with Crippen LogP contribution >= 0.6 is 23.2 Å². The molecule has 0 aliphatic carbocycles. The van der Waals surface area contributed by atoms with Crippen LogP contribution in [0.15, 0.2) is 28.8 Å². The summed E-state index contributed by atoms with van der Waals surface area (Å²) < 4.78 is 5.74. The highest BCUT2D eigenvalue weighted by atomic mass is 35.5. The summed E-state index contributed by atoms with van der Waals surface area (Å²) in [5.41, 5.74) is 6.45. The fraction of sp³-hybridized carbons (Fsp3) is 0.444. The molecule has 5 nitrogen and oxygen atoms in total. The molecule has 7 heteroatoms. The molecule has 2 N–H and O–H groups in total. The summed E-state index contributed by atoms with van der Waals surface area (Å²) in [6.45, 7) is 3.44. The van der Waals surface area contributed by atoms with Gasteiger partial charge in [0.1, 0.15) is 0 Å². The predicted molar refractivity (Wildman–Crippen MR) is 98.6 cm³/mol. The van der Waals surface area contributed by atoms with Crippen molar-refractivity contribution in [3.8, 4) is 11.3 Å². The molecule has 0 radical (unpaired) electrons. The first-order valence-corrected chi connectivity index (χ1v) is 9.13. The molecule has 134 valence electrons. The number of nitrogens with two attached hydrogens (primary N) is 1. The van der Waals surface area contributed by atoms with E-state index in [0.29, 0.717) is 47.0 Å². The maximum absolute atomic E-state index is 12.4. The fourth-order valence-corrected chi connectivity index (χ4v) is 3.76. The van der Waals surface area contributed by atoms with Crippen molar-refractivity contribution >= 4 is 29.1 Å². The van der Waals surface area contributed by atoms with E-state index in [1.54, 1.807) is 24.4 Å². The van der Waals surface area contributed by atoms with Crippen LogP contribution in [0.25, 0.3) is 11.3 Å². The lowest BCUT2D eigenvalue weighted by Gasteiger charge is -2.21. The first-order chi connectivity index (χ1) is 12.0. The first kappa shape index (κ1) is 18.2. The maximum atomic E-state index is 12.4. The summed E-state index contributed by atoms with van der Waals surface area (Å²) in [4.78, 5) is 18.6. The Morgan fingerprint density at radius 3 is 2.92 bits per heavy atom. The van der Waals surface area contributed by atoms with Gasteiger partial charge in [0.15, 0.2) is 11.7 Å². The number of carbonyl (C=O) groups excluding carboxylic acids is 1. The molecule has 1 aromatic heterocycles. The van der Waals surface area contributed by atoms with Gasteiger partial charge in [0.25, 0.3) is 0 Å². The topological polar surface area (TPSA) is 72.4 Å². The monoisotopic (exact) mass is 381 g/mol. The Hall–Kier alpha value is -1.56. The van der Waals surface area contributed by atoms with E-state index in [2.05, 4.69) is 11.9 Å². The smallest absolute Gasteiger partial charge is 0.223 e. The third-order valence-electron chi connectivity index (χ3n) is 4.62. The summed E-state index contributed by atoms with van der Waals surface area (Å²) in [7, 11) is 0. The standard InChI is InChI=1S/C18H21Cl2N3O2/c1-11-6-12(8-21)10-23(11)18(24)5-4-17-22-9-16(25-17)14-3-2-13(19)7-15(14)20/h2-3,7,9,11-12H,4-6,8,10,21H2,1H3. The highest BCUT2D eigenvalue weighted by molar-refractivity contribution is 6.36. The van der Waals surface area contributed by atoms with Crippen molar-refractivity contribution < 1.29 is 9.21 Å². The Morgan fingerprint density at radius 1 is 1.44 bits per heavy atom. The van der Waals surface area contributed by atoms with Gasteiger partial charge < -0.3 is 15.1 Å². The number of hydrogen-bond donors (Lipinski definition) is 1. The van der Waals surface area contributed by atoms with Crippen LogP contribution in [0.4, 0.5) is 0 Å². The van der Waals surface area contributed by atoms with Crippen molar-refractivity contribution in [1.82, 2.24) is 9.88 Å². The van der Waals surface area contributed by atoms with Crippen molar-refractivity contribution in [3.63, 3.8) is 0 Å². The molecule has 1 aliphatic rings. The first-order valence-electron chi connectivity index (χ1n) is 8.37. The Bertz CT molecular complexity index is 763. The third kappa shape index (κ3) is 4.17. The lowest BCUT2D eigenvalue weighted by Crippen LogP contribution is -2.34. The molecule has 3 rings (SSSR count). The number of amides is 1. The zero-order chi connectivity index (χ0) is 18.0. The second-order valence-electron chi connectivity index (χ2n) is 6.47. The Balaban J connectivity index is 1.61. The summed E-state index contributed by atoms with van der Waals surface area (Å²) in [5.74, 6) is 1.62. The average molecular weight is 382 g/mol. The summed E-state index contributed by atoms with van der Waals surface area (Å²) in [5, 5.41) is 1.07. The number of rotatable bonds is 5. The second-order valence-corrected chi connectivity index (χ2v) is 7.32. The van der Waals surface area contributed by atoms with E-state index in [1.165, 1.54) is 0 Å². The van der Waals surface area contributed by atoms with Gasteiger partial charge in [-0.3, -0.25) is 4.79 Å². The van der Waals surface area contributed by atoms with Crippen LogP contribution in [0, 0.1) is 5.92 Å². The number of hydrogen-bond acceptors (Lipinski definition) is 4. The zero-order valence-corrected chi connectivity index (χ0v) is 15.6. The minimum atomic E-state index is 0.118. The zero-order valence-electron chi connectivity index (χ0n) is 14.0. The number of likely N-dealkylation sites (tertiary alicyclic amines) is 1. The largest absolute Gasteiger partial charge is 0.441 e. The van der Waals surface area contributed by atoms with E-state index in [4.69, 9.17) is 33.4 Å². The van der Waals surface area contributed by atoms with Gasteiger partial charge in [0.05, 0.1) is 11.2 Å². The Kier molecular flexibility index (Phi) is 5.67. The molecule has 0 bridgehead atoms. The van der Waals surface area contributed by atoms with Crippen molar-refractivity contribution in [1.29, 1.82) is 0 Å². The molecule has 1 aromatic carbocycles. The van der Waals surface area contributed by atoms with Gasteiger partial charge in [-0.05, 0) is 44.0 Å². The normalized spacial score (nSPS) is 20.2. The number of halogens is 2. The predicted octanol–water partition coefficient (Wildman–Crippen LogP) is 3.78. The van der Waals surface area contributed by atoms with E-state index in [-0.39, 0.29) is 11.9 Å². The molecule has 1 saturated heterocycles. The van der Waals surface area contributed by atoms with Crippen LogP contribution in [0.2, 0.25) is 10.0 Å². The van der Waals surface area contributed by atoms with Crippen LogP contribution in [-0.2, 0) is 11.2 Å². The van der Waals surface area contributed by atoms with Crippen LogP contribution < -0.4 is 5.73 Å². The van der Waals surface area contributed by atoms with Gasteiger partial charge in [-0.25, -0.2) is 4.98 Å². The minimum absolute atomic E-state index is 0.118. The molecule has 0 spiro atoms. The molecule has 1 amide bonds. The van der Waals surface area contributed by atoms with Crippen LogP contribution in [0.1, 0.15) is 25.7 Å². The highest BCUT2D eigenvalue weighted by Gasteiger charge is 2.31. The van der Waals surface area contributed by atoms with Crippen LogP contribution in [0.5, 0.6) is 0 Å². The number of nitrogens with zero attached hydrogens (tertiary/aromatic N) is 2. The summed E-state index contributed by atoms with van der Waals surface area (Å²) in [6, 6.07) is 5.44. The van der Waals surface area contributed by atoms with Gasteiger partial charge in [-0.1, -0.05) is 23.2 Å². The molecule has 0 saturated carbocycles. The Morgan fingerprint density at radius 2 is 2.24 bits per heavy atom. The third-order valence-corrected chi connectivity index (χ3v) is 5.17. The van der Waals surface area contributed by atoms with E-state index >= 15 is 0 Å². The molecular weight excluding hydrogens is 361 g/mol. The summed E-state index contributed by atoms with van der Waals surface area (Å²) in [6.07, 6.45) is 3.43. The van der Waals surface area contributed by atoms with Crippen molar-refractivity contribution in [2.45, 2.75) is 32.2 Å². The SMILES string of the molecule is CC1CC(CN)CN1C(=O)CCc1ncc(-c2ccc(Cl)cc2Cl)o1. The minimum Gasteiger partial charge on any atom is -0.441 e. The number of oxazole rings is 1. The molecule has 2 aromatic rings. The molecule has 2 unspecified atom stereocenters. The number of benzene rings is 1. The van der Waals surface area contributed by atoms with Gasteiger partial charge in [-0.2, -0.15) is 0 Å². The van der Waals surface area contributed by atoms with Crippen molar-refractivity contribution in [3.05, 3.63) is 40.3 Å². The van der Waals surface area contributed by atoms with Crippen molar-refractivity contribution in [2.24, 2.45) is 11.7 Å².